The molecule has 1 N–H and O–H groups in total. The second-order valence-electron chi connectivity index (χ2n) is 5.60. The first-order chi connectivity index (χ1) is 12.1. The van der Waals surface area contributed by atoms with Gasteiger partial charge in [0, 0.05) is 6.07 Å². The van der Waals surface area contributed by atoms with Gasteiger partial charge < -0.3 is 19.5 Å². The Morgan fingerprint density at radius 1 is 1.12 bits per heavy atom. The van der Waals surface area contributed by atoms with Crippen molar-refractivity contribution in [2.24, 2.45) is 0 Å². The van der Waals surface area contributed by atoms with E-state index in [9.17, 15) is 4.79 Å². The highest BCUT2D eigenvalue weighted by atomic mass is 16.5. The second-order valence-corrected chi connectivity index (χ2v) is 5.60. The van der Waals surface area contributed by atoms with Gasteiger partial charge in [0.25, 0.3) is 5.91 Å². The van der Waals surface area contributed by atoms with Crippen LogP contribution in [0.15, 0.2) is 48.5 Å². The third-order valence-corrected chi connectivity index (χ3v) is 3.74. The van der Waals surface area contributed by atoms with Crippen LogP contribution in [-0.2, 0) is 4.79 Å². The number of benzene rings is 2. The Hall–Kier alpha value is -2.69. The van der Waals surface area contributed by atoms with E-state index in [-0.39, 0.29) is 5.91 Å². The van der Waals surface area contributed by atoms with Crippen LogP contribution in [0.4, 0.5) is 0 Å². The van der Waals surface area contributed by atoms with Gasteiger partial charge >= 0.3 is 0 Å². The van der Waals surface area contributed by atoms with E-state index in [0.29, 0.717) is 25.3 Å². The Labute approximate surface area is 148 Å². The largest absolute Gasteiger partial charge is 0.497 e. The number of ether oxygens (including phenoxy) is 3. The van der Waals surface area contributed by atoms with Crippen LogP contribution in [0.25, 0.3) is 0 Å². The topological polar surface area (TPSA) is 56.8 Å². The minimum Gasteiger partial charge on any atom is -0.497 e. The molecular weight excluding hydrogens is 318 g/mol. The molecule has 0 aliphatic carbocycles. The first kappa shape index (κ1) is 18.6. The number of para-hydroxylation sites is 1. The SMILES string of the molecule is CCC(Oc1ccccc1C)C(=O)NCCOc1cccc(OC)c1. The van der Waals surface area contributed by atoms with Crippen molar-refractivity contribution >= 4 is 5.91 Å². The molecule has 0 heterocycles. The van der Waals surface area contributed by atoms with Crippen molar-refractivity contribution in [3.05, 3.63) is 54.1 Å². The fourth-order valence-corrected chi connectivity index (χ4v) is 2.31. The third-order valence-electron chi connectivity index (χ3n) is 3.74. The lowest BCUT2D eigenvalue weighted by Crippen LogP contribution is -2.39. The molecule has 0 aromatic heterocycles. The van der Waals surface area contributed by atoms with Gasteiger partial charge in [-0.1, -0.05) is 31.2 Å². The normalized spacial score (nSPS) is 11.5. The maximum atomic E-state index is 12.3. The molecule has 1 amide bonds. The summed E-state index contributed by atoms with van der Waals surface area (Å²) in [5.74, 6) is 2.04. The van der Waals surface area contributed by atoms with E-state index in [2.05, 4.69) is 5.32 Å². The summed E-state index contributed by atoms with van der Waals surface area (Å²) in [5.41, 5.74) is 1.01. The average molecular weight is 343 g/mol. The minimum absolute atomic E-state index is 0.139. The zero-order chi connectivity index (χ0) is 18.1. The van der Waals surface area contributed by atoms with Crippen molar-refractivity contribution < 1.29 is 19.0 Å². The Balaban J connectivity index is 1.79. The highest BCUT2D eigenvalue weighted by molar-refractivity contribution is 5.81. The fourth-order valence-electron chi connectivity index (χ4n) is 2.31. The summed E-state index contributed by atoms with van der Waals surface area (Å²) in [6.45, 7) is 4.67. The molecule has 1 unspecified atom stereocenters. The summed E-state index contributed by atoms with van der Waals surface area (Å²) >= 11 is 0. The van der Waals surface area contributed by atoms with Crippen LogP contribution in [0.2, 0.25) is 0 Å². The van der Waals surface area contributed by atoms with E-state index in [4.69, 9.17) is 14.2 Å². The van der Waals surface area contributed by atoms with E-state index < -0.39 is 6.10 Å². The number of amides is 1. The van der Waals surface area contributed by atoms with Crippen molar-refractivity contribution in [1.82, 2.24) is 5.32 Å². The molecule has 0 saturated heterocycles. The lowest BCUT2D eigenvalue weighted by Gasteiger charge is -2.18. The molecule has 0 aliphatic rings. The Bertz CT molecular complexity index is 687. The van der Waals surface area contributed by atoms with Crippen molar-refractivity contribution in [3.8, 4) is 17.2 Å². The lowest BCUT2D eigenvalue weighted by molar-refractivity contribution is -0.128. The number of hydrogen-bond acceptors (Lipinski definition) is 4. The summed E-state index contributed by atoms with van der Waals surface area (Å²) in [7, 11) is 1.61. The average Bonchev–Trinajstić information content (AvgIpc) is 2.64. The summed E-state index contributed by atoms with van der Waals surface area (Å²) in [5, 5.41) is 2.85. The van der Waals surface area contributed by atoms with Crippen molar-refractivity contribution in [2.45, 2.75) is 26.4 Å². The molecule has 0 spiro atoms. The van der Waals surface area contributed by atoms with Gasteiger partial charge in [0.05, 0.1) is 13.7 Å². The zero-order valence-corrected chi connectivity index (χ0v) is 15.0. The number of carbonyl (C=O) groups is 1. The highest BCUT2D eigenvalue weighted by Gasteiger charge is 2.18. The maximum Gasteiger partial charge on any atom is 0.261 e. The first-order valence-electron chi connectivity index (χ1n) is 8.41. The number of carbonyl (C=O) groups excluding carboxylic acids is 1. The monoisotopic (exact) mass is 343 g/mol. The van der Waals surface area contributed by atoms with Gasteiger partial charge in [-0.2, -0.15) is 0 Å². The second kappa shape index (κ2) is 9.57. The van der Waals surface area contributed by atoms with E-state index >= 15 is 0 Å². The quantitative estimate of drug-likeness (QED) is 0.710. The molecule has 0 bridgehead atoms. The third kappa shape index (κ3) is 5.71. The van der Waals surface area contributed by atoms with Crippen molar-refractivity contribution in [2.75, 3.05) is 20.3 Å². The Morgan fingerprint density at radius 2 is 1.88 bits per heavy atom. The molecule has 5 nitrogen and oxygen atoms in total. The summed E-state index contributed by atoms with van der Waals surface area (Å²) in [6.07, 6.45) is 0.0783. The zero-order valence-electron chi connectivity index (χ0n) is 15.0. The lowest BCUT2D eigenvalue weighted by atomic mass is 10.2. The van der Waals surface area contributed by atoms with Gasteiger partial charge in [-0.05, 0) is 37.1 Å². The molecule has 0 radical (unpaired) electrons. The number of nitrogens with one attached hydrogen (secondary N) is 1. The van der Waals surface area contributed by atoms with Crippen molar-refractivity contribution in [3.63, 3.8) is 0 Å². The molecule has 0 saturated carbocycles. The molecule has 1 atom stereocenters. The predicted molar refractivity (Wildman–Crippen MR) is 97.4 cm³/mol. The van der Waals surface area contributed by atoms with Crippen LogP contribution in [0, 0.1) is 6.92 Å². The van der Waals surface area contributed by atoms with E-state index in [1.165, 1.54) is 0 Å². The van der Waals surface area contributed by atoms with Gasteiger partial charge in [-0.15, -0.1) is 0 Å². The van der Waals surface area contributed by atoms with E-state index in [0.717, 1.165) is 17.1 Å². The molecule has 2 aromatic carbocycles. The van der Waals surface area contributed by atoms with Gasteiger partial charge in [0.2, 0.25) is 0 Å². The minimum atomic E-state index is -0.516. The van der Waals surface area contributed by atoms with Crippen LogP contribution < -0.4 is 19.5 Å². The number of aryl methyl sites for hydroxylation is 1. The summed E-state index contributed by atoms with van der Waals surface area (Å²) in [6, 6.07) is 15.0. The van der Waals surface area contributed by atoms with Crippen LogP contribution in [0.5, 0.6) is 17.2 Å². The van der Waals surface area contributed by atoms with E-state index in [1.54, 1.807) is 13.2 Å². The standard InChI is InChI=1S/C20H25NO4/c1-4-18(25-19-11-6-5-8-15(19)2)20(22)21-12-13-24-17-10-7-9-16(14-17)23-3/h5-11,14,18H,4,12-13H2,1-3H3,(H,21,22). The first-order valence-corrected chi connectivity index (χ1v) is 8.41. The number of methoxy groups -OCH3 is 1. The van der Waals surface area contributed by atoms with Gasteiger partial charge in [-0.25, -0.2) is 0 Å². The molecule has 0 aliphatic heterocycles. The number of hydrogen-bond donors (Lipinski definition) is 1. The molecular formula is C20H25NO4. The molecule has 134 valence electrons. The molecule has 25 heavy (non-hydrogen) atoms. The van der Waals surface area contributed by atoms with Gasteiger partial charge in [0.15, 0.2) is 6.10 Å². The maximum absolute atomic E-state index is 12.3. The van der Waals surface area contributed by atoms with E-state index in [1.807, 2.05) is 56.3 Å². The Kier molecular flexibility index (Phi) is 7.14. The fraction of sp³-hybridized carbons (Fsp3) is 0.350. The number of rotatable bonds is 9. The van der Waals surface area contributed by atoms with Gasteiger partial charge in [-0.3, -0.25) is 4.79 Å². The van der Waals surface area contributed by atoms with Crippen LogP contribution in [0.3, 0.4) is 0 Å². The highest BCUT2D eigenvalue weighted by Crippen LogP contribution is 2.19. The van der Waals surface area contributed by atoms with Crippen LogP contribution >= 0.6 is 0 Å². The summed E-state index contributed by atoms with van der Waals surface area (Å²) in [4.78, 5) is 12.3. The predicted octanol–water partition coefficient (Wildman–Crippen LogP) is 3.36. The molecule has 5 heteroatoms. The molecule has 2 rings (SSSR count). The van der Waals surface area contributed by atoms with Gasteiger partial charge in [0.1, 0.15) is 23.9 Å². The molecule has 2 aromatic rings. The molecule has 0 fully saturated rings. The van der Waals surface area contributed by atoms with Crippen LogP contribution in [-0.4, -0.2) is 32.3 Å². The van der Waals surface area contributed by atoms with Crippen molar-refractivity contribution in [1.29, 1.82) is 0 Å². The van der Waals surface area contributed by atoms with Crippen LogP contribution in [0.1, 0.15) is 18.9 Å². The Morgan fingerprint density at radius 3 is 2.60 bits per heavy atom. The smallest absolute Gasteiger partial charge is 0.261 e. The summed E-state index contributed by atoms with van der Waals surface area (Å²) < 4.78 is 16.6.